The Kier molecular flexibility index (Phi) is 4.59. The third kappa shape index (κ3) is 3.49. The van der Waals surface area contributed by atoms with E-state index in [-0.39, 0.29) is 5.91 Å². The van der Waals surface area contributed by atoms with Gasteiger partial charge in [-0.25, -0.2) is 0 Å². The maximum atomic E-state index is 12.3. The van der Waals surface area contributed by atoms with Crippen LogP contribution in [0.15, 0.2) is 24.3 Å². The molecule has 0 spiro atoms. The van der Waals surface area contributed by atoms with Crippen molar-refractivity contribution in [3.05, 3.63) is 29.8 Å². The maximum Gasteiger partial charge on any atom is 0.263 e. The molecule has 1 atom stereocenters. The summed E-state index contributed by atoms with van der Waals surface area (Å²) in [7, 11) is 2.05. The van der Waals surface area contributed by atoms with Crippen LogP contribution in [0.4, 0.5) is 0 Å². The molecule has 0 saturated carbocycles. The van der Waals surface area contributed by atoms with Crippen molar-refractivity contribution in [2.75, 3.05) is 33.2 Å². The number of nitrogens with zero attached hydrogens (tertiary/aromatic N) is 3. The third-order valence-electron chi connectivity index (χ3n) is 3.44. The van der Waals surface area contributed by atoms with Crippen molar-refractivity contribution in [3.63, 3.8) is 0 Å². The predicted molar refractivity (Wildman–Crippen MR) is 75.3 cm³/mol. The molecule has 0 unspecified atom stereocenters. The quantitative estimate of drug-likeness (QED) is 0.827. The number of likely N-dealkylation sites (N-methyl/N-ethyl adjacent to an activating group) is 1. The monoisotopic (exact) mass is 273 g/mol. The molecule has 0 N–H and O–H groups in total. The van der Waals surface area contributed by atoms with Gasteiger partial charge in [-0.3, -0.25) is 4.79 Å². The highest BCUT2D eigenvalue weighted by Gasteiger charge is 2.24. The average molecular weight is 273 g/mol. The predicted octanol–water partition coefficient (Wildman–Crippen LogP) is 1.10. The van der Waals surface area contributed by atoms with Gasteiger partial charge in [-0.15, -0.1) is 0 Å². The van der Waals surface area contributed by atoms with Crippen molar-refractivity contribution in [2.45, 2.75) is 13.0 Å². The second-order valence-corrected chi connectivity index (χ2v) is 5.03. The maximum absolute atomic E-state index is 12.3. The second kappa shape index (κ2) is 6.40. The summed E-state index contributed by atoms with van der Waals surface area (Å²) in [6.07, 6.45) is -0.535. The van der Waals surface area contributed by atoms with Crippen LogP contribution in [0.2, 0.25) is 0 Å². The Morgan fingerprint density at radius 2 is 2.05 bits per heavy atom. The Morgan fingerprint density at radius 3 is 2.70 bits per heavy atom. The van der Waals surface area contributed by atoms with Gasteiger partial charge in [0.05, 0.1) is 11.6 Å². The van der Waals surface area contributed by atoms with E-state index in [1.54, 1.807) is 31.2 Å². The van der Waals surface area contributed by atoms with Gasteiger partial charge < -0.3 is 14.5 Å². The Hall–Kier alpha value is -2.06. The molecule has 0 aromatic heterocycles. The van der Waals surface area contributed by atoms with Crippen LogP contribution in [0.5, 0.6) is 5.75 Å². The van der Waals surface area contributed by atoms with Crippen molar-refractivity contribution in [3.8, 4) is 11.8 Å². The molecule has 1 saturated heterocycles. The summed E-state index contributed by atoms with van der Waals surface area (Å²) < 4.78 is 5.64. The summed E-state index contributed by atoms with van der Waals surface area (Å²) in [6, 6.07) is 8.92. The van der Waals surface area contributed by atoms with Crippen LogP contribution in [0.3, 0.4) is 0 Å². The zero-order valence-corrected chi connectivity index (χ0v) is 11.9. The summed E-state index contributed by atoms with van der Waals surface area (Å²) in [5.41, 5.74) is 0.529. The van der Waals surface area contributed by atoms with Gasteiger partial charge in [0.25, 0.3) is 5.91 Å². The van der Waals surface area contributed by atoms with Gasteiger partial charge in [-0.05, 0) is 32.2 Å². The Labute approximate surface area is 119 Å². The first-order chi connectivity index (χ1) is 9.60. The summed E-state index contributed by atoms with van der Waals surface area (Å²) in [5.74, 6) is 0.555. The lowest BCUT2D eigenvalue weighted by atomic mass is 10.2. The molecule has 1 heterocycles. The van der Waals surface area contributed by atoms with Gasteiger partial charge in [0.2, 0.25) is 0 Å². The van der Waals surface area contributed by atoms with E-state index in [2.05, 4.69) is 18.0 Å². The first kappa shape index (κ1) is 14.4. The summed E-state index contributed by atoms with van der Waals surface area (Å²) in [5, 5.41) is 8.85. The van der Waals surface area contributed by atoms with Gasteiger partial charge in [-0.1, -0.05) is 6.07 Å². The molecule has 0 aliphatic carbocycles. The SMILES string of the molecule is C[C@@H](Oc1cccc(C#N)c1)C(=O)N1CCN(C)CC1. The van der Waals surface area contributed by atoms with Gasteiger partial charge in [0.1, 0.15) is 5.75 Å². The highest BCUT2D eigenvalue weighted by molar-refractivity contribution is 5.81. The molecule has 5 nitrogen and oxygen atoms in total. The highest BCUT2D eigenvalue weighted by atomic mass is 16.5. The van der Waals surface area contributed by atoms with Gasteiger partial charge in [0.15, 0.2) is 6.10 Å². The van der Waals surface area contributed by atoms with E-state index in [0.717, 1.165) is 26.2 Å². The molecule has 2 rings (SSSR count). The van der Waals surface area contributed by atoms with Crippen LogP contribution in [0.25, 0.3) is 0 Å². The number of carbonyl (C=O) groups is 1. The molecular weight excluding hydrogens is 254 g/mol. The lowest BCUT2D eigenvalue weighted by Crippen LogP contribution is -2.50. The third-order valence-corrected chi connectivity index (χ3v) is 3.44. The van der Waals surface area contributed by atoms with E-state index < -0.39 is 6.10 Å². The number of piperazine rings is 1. The van der Waals surface area contributed by atoms with Crippen LogP contribution in [0, 0.1) is 11.3 Å². The van der Waals surface area contributed by atoms with E-state index in [1.165, 1.54) is 0 Å². The fraction of sp³-hybridized carbons (Fsp3) is 0.467. The number of carbonyl (C=O) groups excluding carboxylic acids is 1. The average Bonchev–Trinajstić information content (AvgIpc) is 2.47. The normalized spacial score (nSPS) is 17.4. The van der Waals surface area contributed by atoms with Gasteiger partial charge in [-0.2, -0.15) is 5.26 Å². The largest absolute Gasteiger partial charge is 0.481 e. The number of ether oxygens (including phenoxy) is 1. The van der Waals surface area contributed by atoms with E-state index in [4.69, 9.17) is 10.00 Å². The minimum absolute atomic E-state index is 0.000427. The van der Waals surface area contributed by atoms with Crippen molar-refractivity contribution in [2.24, 2.45) is 0 Å². The molecule has 0 radical (unpaired) electrons. The fourth-order valence-electron chi connectivity index (χ4n) is 2.18. The molecule has 1 aromatic carbocycles. The molecule has 1 aliphatic rings. The summed E-state index contributed by atoms with van der Waals surface area (Å²) in [4.78, 5) is 16.3. The molecule has 1 amide bonds. The Morgan fingerprint density at radius 1 is 1.35 bits per heavy atom. The molecular formula is C15H19N3O2. The number of nitriles is 1. The van der Waals surface area contributed by atoms with Crippen LogP contribution in [0.1, 0.15) is 12.5 Å². The van der Waals surface area contributed by atoms with E-state index >= 15 is 0 Å². The van der Waals surface area contributed by atoms with Crippen molar-refractivity contribution < 1.29 is 9.53 Å². The zero-order chi connectivity index (χ0) is 14.5. The lowest BCUT2D eigenvalue weighted by Gasteiger charge is -2.33. The molecule has 1 fully saturated rings. The molecule has 1 aliphatic heterocycles. The van der Waals surface area contributed by atoms with Gasteiger partial charge in [0, 0.05) is 26.2 Å². The highest BCUT2D eigenvalue weighted by Crippen LogP contribution is 2.15. The minimum Gasteiger partial charge on any atom is -0.481 e. The van der Waals surface area contributed by atoms with Crippen LogP contribution in [-0.2, 0) is 4.79 Å². The number of hydrogen-bond donors (Lipinski definition) is 0. The first-order valence-corrected chi connectivity index (χ1v) is 6.74. The lowest BCUT2D eigenvalue weighted by molar-refractivity contribution is -0.139. The number of benzene rings is 1. The Balaban J connectivity index is 1.95. The summed E-state index contributed by atoms with van der Waals surface area (Å²) in [6.45, 7) is 5.01. The van der Waals surface area contributed by atoms with E-state index in [0.29, 0.717) is 11.3 Å². The van der Waals surface area contributed by atoms with Crippen LogP contribution in [-0.4, -0.2) is 55.0 Å². The molecule has 0 bridgehead atoms. The van der Waals surface area contributed by atoms with E-state index in [9.17, 15) is 4.79 Å². The van der Waals surface area contributed by atoms with E-state index in [1.807, 2.05) is 4.90 Å². The van der Waals surface area contributed by atoms with Crippen molar-refractivity contribution >= 4 is 5.91 Å². The topological polar surface area (TPSA) is 56.6 Å². The first-order valence-electron chi connectivity index (χ1n) is 6.74. The second-order valence-electron chi connectivity index (χ2n) is 5.03. The standard InChI is InChI=1S/C15H19N3O2/c1-12(15(19)18-8-6-17(2)7-9-18)20-14-5-3-4-13(10-14)11-16/h3-5,10,12H,6-9H2,1-2H3/t12-/m1/s1. The minimum atomic E-state index is -0.535. The van der Waals surface area contributed by atoms with Gasteiger partial charge >= 0.3 is 0 Å². The Bertz CT molecular complexity index is 516. The van der Waals surface area contributed by atoms with Crippen LogP contribution < -0.4 is 4.74 Å². The summed E-state index contributed by atoms with van der Waals surface area (Å²) >= 11 is 0. The molecule has 106 valence electrons. The zero-order valence-electron chi connectivity index (χ0n) is 11.9. The smallest absolute Gasteiger partial charge is 0.263 e. The molecule has 1 aromatic rings. The fourth-order valence-corrected chi connectivity index (χ4v) is 2.18. The number of amides is 1. The van der Waals surface area contributed by atoms with Crippen LogP contribution >= 0.6 is 0 Å². The number of hydrogen-bond acceptors (Lipinski definition) is 4. The van der Waals surface area contributed by atoms with Crippen molar-refractivity contribution in [1.29, 1.82) is 5.26 Å². The van der Waals surface area contributed by atoms with Crippen molar-refractivity contribution in [1.82, 2.24) is 9.80 Å². The molecule has 20 heavy (non-hydrogen) atoms. The molecule has 5 heteroatoms. The number of rotatable bonds is 3.